The molecule has 0 radical (unpaired) electrons. The normalized spacial score (nSPS) is 11.5. The molecule has 0 aliphatic heterocycles. The standard InChI is InChI=1S/C21H25NS2/c1(2-10-18-23-20-12-5-3-6-13-20)9-16-22-17-11-19-24-21-14-7-4-8-15-21/h3-8,10-15,18-19,22H,1-2,9,16-17H2/b18-10+,19-11+. The zero-order valence-corrected chi connectivity index (χ0v) is 15.6. The molecule has 0 heterocycles. The van der Waals surface area contributed by atoms with Crippen molar-refractivity contribution in [3.8, 4) is 0 Å². The van der Waals surface area contributed by atoms with Gasteiger partial charge in [0.2, 0.25) is 0 Å². The highest BCUT2D eigenvalue weighted by Crippen LogP contribution is 2.18. The van der Waals surface area contributed by atoms with E-state index in [2.05, 4.69) is 82.9 Å². The average Bonchev–Trinajstić information content (AvgIpc) is 2.64. The Morgan fingerprint density at radius 1 is 0.708 bits per heavy atom. The maximum Gasteiger partial charge on any atom is 0.0143 e. The van der Waals surface area contributed by atoms with Crippen molar-refractivity contribution in [1.29, 1.82) is 0 Å². The van der Waals surface area contributed by atoms with Gasteiger partial charge in [0.05, 0.1) is 0 Å². The van der Waals surface area contributed by atoms with Crippen molar-refractivity contribution in [3.05, 3.63) is 83.6 Å². The Morgan fingerprint density at radius 2 is 1.29 bits per heavy atom. The van der Waals surface area contributed by atoms with Crippen LogP contribution in [0.5, 0.6) is 0 Å². The van der Waals surface area contributed by atoms with E-state index in [9.17, 15) is 0 Å². The summed E-state index contributed by atoms with van der Waals surface area (Å²) in [6.45, 7) is 2.03. The number of hydrogen-bond acceptors (Lipinski definition) is 3. The molecule has 0 aliphatic carbocycles. The molecular formula is C21H25NS2. The number of benzene rings is 2. The number of nitrogens with one attached hydrogen (secondary N) is 1. The molecule has 0 spiro atoms. The number of allylic oxidation sites excluding steroid dienone is 1. The Balaban J connectivity index is 1.41. The van der Waals surface area contributed by atoms with Crippen LogP contribution in [0.1, 0.15) is 19.3 Å². The summed E-state index contributed by atoms with van der Waals surface area (Å²) in [6.07, 6.45) is 8.07. The molecular weight excluding hydrogens is 330 g/mol. The van der Waals surface area contributed by atoms with E-state index in [1.807, 2.05) is 6.07 Å². The molecule has 2 aromatic rings. The lowest BCUT2D eigenvalue weighted by Crippen LogP contribution is -2.14. The van der Waals surface area contributed by atoms with Crippen LogP contribution in [0.3, 0.4) is 0 Å². The van der Waals surface area contributed by atoms with Gasteiger partial charge >= 0.3 is 0 Å². The predicted octanol–water partition coefficient (Wildman–Crippen LogP) is 6.36. The first kappa shape index (κ1) is 18.9. The Morgan fingerprint density at radius 3 is 1.92 bits per heavy atom. The van der Waals surface area contributed by atoms with Crippen molar-refractivity contribution in [3.63, 3.8) is 0 Å². The van der Waals surface area contributed by atoms with Crippen LogP contribution in [-0.2, 0) is 0 Å². The fourth-order valence-electron chi connectivity index (χ4n) is 2.07. The van der Waals surface area contributed by atoms with Crippen LogP contribution in [0.4, 0.5) is 0 Å². The van der Waals surface area contributed by atoms with Crippen LogP contribution >= 0.6 is 23.5 Å². The summed E-state index contributed by atoms with van der Waals surface area (Å²) < 4.78 is 0. The van der Waals surface area contributed by atoms with E-state index in [-0.39, 0.29) is 0 Å². The Kier molecular flexibility index (Phi) is 10.2. The van der Waals surface area contributed by atoms with Gasteiger partial charge in [-0.15, -0.1) is 0 Å². The van der Waals surface area contributed by atoms with Gasteiger partial charge in [0.1, 0.15) is 0 Å². The fourth-order valence-corrected chi connectivity index (χ4v) is 3.43. The van der Waals surface area contributed by atoms with Crippen LogP contribution in [-0.4, -0.2) is 13.1 Å². The molecule has 0 unspecified atom stereocenters. The van der Waals surface area contributed by atoms with Gasteiger partial charge in [-0.2, -0.15) is 0 Å². The number of thioether (sulfide) groups is 2. The molecule has 2 rings (SSSR count). The van der Waals surface area contributed by atoms with Gasteiger partial charge in [-0.3, -0.25) is 0 Å². The molecule has 0 amide bonds. The molecule has 24 heavy (non-hydrogen) atoms. The summed E-state index contributed by atoms with van der Waals surface area (Å²) in [5.41, 5.74) is 0. The Labute approximate surface area is 154 Å². The van der Waals surface area contributed by atoms with Crippen molar-refractivity contribution < 1.29 is 0 Å². The van der Waals surface area contributed by atoms with Crippen molar-refractivity contribution in [2.75, 3.05) is 13.1 Å². The highest BCUT2D eigenvalue weighted by molar-refractivity contribution is 8.02. The van der Waals surface area contributed by atoms with Crippen LogP contribution in [0.15, 0.2) is 93.4 Å². The third-order valence-corrected chi connectivity index (χ3v) is 5.07. The minimum atomic E-state index is 0.944. The van der Waals surface area contributed by atoms with Crippen molar-refractivity contribution in [2.45, 2.75) is 29.1 Å². The maximum absolute atomic E-state index is 3.46. The number of unbranched alkanes of at least 4 members (excludes halogenated alkanes) is 2. The summed E-state index contributed by atoms with van der Waals surface area (Å²) in [6, 6.07) is 20.9. The van der Waals surface area contributed by atoms with Crippen molar-refractivity contribution in [1.82, 2.24) is 5.32 Å². The highest BCUT2D eigenvalue weighted by atomic mass is 32.2. The molecule has 2 aromatic carbocycles. The lowest BCUT2D eigenvalue weighted by Gasteiger charge is -2.00. The minimum absolute atomic E-state index is 0.944. The second kappa shape index (κ2) is 12.9. The molecule has 3 heteroatoms. The number of hydrogen-bond donors (Lipinski definition) is 1. The van der Waals surface area contributed by atoms with Crippen LogP contribution in [0, 0.1) is 0 Å². The lowest BCUT2D eigenvalue weighted by atomic mass is 10.2. The van der Waals surface area contributed by atoms with E-state index in [4.69, 9.17) is 0 Å². The van der Waals surface area contributed by atoms with E-state index in [0.29, 0.717) is 0 Å². The zero-order chi connectivity index (χ0) is 16.7. The molecule has 0 aliphatic rings. The molecule has 0 saturated heterocycles. The molecule has 0 bridgehead atoms. The number of rotatable bonds is 11. The summed E-state index contributed by atoms with van der Waals surface area (Å²) in [5, 5.41) is 7.82. The highest BCUT2D eigenvalue weighted by Gasteiger charge is 1.89. The van der Waals surface area contributed by atoms with Gasteiger partial charge in [0, 0.05) is 16.3 Å². The largest absolute Gasteiger partial charge is 0.313 e. The zero-order valence-electron chi connectivity index (χ0n) is 13.9. The summed E-state index contributed by atoms with van der Waals surface area (Å²) >= 11 is 3.55. The van der Waals surface area contributed by atoms with Gasteiger partial charge in [0.25, 0.3) is 0 Å². The van der Waals surface area contributed by atoms with E-state index in [0.717, 1.165) is 19.5 Å². The van der Waals surface area contributed by atoms with Crippen LogP contribution in [0.2, 0.25) is 0 Å². The van der Waals surface area contributed by atoms with Gasteiger partial charge in [-0.25, -0.2) is 0 Å². The van der Waals surface area contributed by atoms with E-state index in [1.54, 1.807) is 23.5 Å². The Bertz CT molecular complexity index is 538. The first-order valence-electron chi connectivity index (χ1n) is 8.39. The monoisotopic (exact) mass is 355 g/mol. The van der Waals surface area contributed by atoms with Crippen molar-refractivity contribution in [2.24, 2.45) is 0 Å². The third-order valence-electron chi connectivity index (χ3n) is 3.32. The SMILES string of the molecule is C(=C\Sc1ccccc1)/CCCCNC/C=C/Sc1ccccc1. The first-order valence-corrected chi connectivity index (χ1v) is 10.2. The minimum Gasteiger partial charge on any atom is -0.313 e. The van der Waals surface area contributed by atoms with Gasteiger partial charge in [0.15, 0.2) is 0 Å². The smallest absolute Gasteiger partial charge is 0.0143 e. The van der Waals surface area contributed by atoms with Crippen molar-refractivity contribution >= 4 is 23.5 Å². The van der Waals surface area contributed by atoms with Crippen LogP contribution < -0.4 is 5.32 Å². The summed E-state index contributed by atoms with van der Waals surface area (Å²) in [5.74, 6) is 0. The average molecular weight is 356 g/mol. The third kappa shape index (κ3) is 9.02. The summed E-state index contributed by atoms with van der Waals surface area (Å²) in [4.78, 5) is 2.59. The second-order valence-electron chi connectivity index (χ2n) is 5.31. The maximum atomic E-state index is 3.46. The first-order chi connectivity index (χ1) is 11.9. The predicted molar refractivity (Wildman–Crippen MR) is 110 cm³/mol. The van der Waals surface area contributed by atoms with E-state index < -0.39 is 0 Å². The second-order valence-corrected chi connectivity index (χ2v) is 7.26. The Hall–Kier alpha value is -1.42. The molecule has 0 fully saturated rings. The van der Waals surface area contributed by atoms with Crippen LogP contribution in [0.25, 0.3) is 0 Å². The van der Waals surface area contributed by atoms with Gasteiger partial charge in [-0.05, 0) is 60.9 Å². The topological polar surface area (TPSA) is 12.0 Å². The van der Waals surface area contributed by atoms with E-state index >= 15 is 0 Å². The molecule has 126 valence electrons. The molecule has 0 atom stereocenters. The molecule has 0 saturated carbocycles. The summed E-state index contributed by atoms with van der Waals surface area (Å²) in [7, 11) is 0. The van der Waals surface area contributed by atoms with E-state index in [1.165, 1.54) is 22.6 Å². The van der Waals surface area contributed by atoms with Gasteiger partial charge < -0.3 is 5.32 Å². The molecule has 1 N–H and O–H groups in total. The van der Waals surface area contributed by atoms with Gasteiger partial charge in [-0.1, -0.05) is 72.1 Å². The fraction of sp³-hybridized carbons (Fsp3) is 0.238. The molecule has 0 aromatic heterocycles. The molecule has 1 nitrogen and oxygen atoms in total. The lowest BCUT2D eigenvalue weighted by molar-refractivity contribution is 0.661. The quantitative estimate of drug-likeness (QED) is 0.372.